The van der Waals surface area contributed by atoms with Crippen LogP contribution in [0.25, 0.3) is 0 Å². The number of halogens is 1. The molecule has 0 aromatic carbocycles. The summed E-state index contributed by atoms with van der Waals surface area (Å²) in [4.78, 5) is 6.47. The number of hydrogen-bond donors (Lipinski definition) is 1. The van der Waals surface area contributed by atoms with E-state index in [0.717, 1.165) is 28.8 Å². The molecule has 76 valence electrons. The fourth-order valence-corrected chi connectivity index (χ4v) is 2.41. The van der Waals surface area contributed by atoms with Crippen molar-refractivity contribution in [1.29, 1.82) is 0 Å². The Morgan fingerprint density at radius 3 is 3.00 bits per heavy atom. The molecule has 0 amide bonds. The van der Waals surface area contributed by atoms with E-state index in [1.807, 2.05) is 19.2 Å². The molecule has 0 bridgehead atoms. The van der Waals surface area contributed by atoms with Crippen molar-refractivity contribution in [2.45, 2.75) is 19.4 Å². The van der Waals surface area contributed by atoms with Crippen LogP contribution in [0.1, 0.15) is 12.0 Å². The van der Waals surface area contributed by atoms with Gasteiger partial charge in [0.1, 0.15) is 5.82 Å². The molecule has 1 saturated heterocycles. The number of aryl methyl sites for hydroxylation is 1. The Morgan fingerprint density at radius 2 is 2.43 bits per heavy atom. The van der Waals surface area contributed by atoms with Gasteiger partial charge >= 0.3 is 0 Å². The normalized spacial score (nSPS) is 21.6. The highest BCUT2D eigenvalue weighted by Crippen LogP contribution is 2.27. The SMILES string of the molecule is Cc1cnc(N2CCC(O)C2)c(Br)c1. The third-order valence-corrected chi connectivity index (χ3v) is 3.00. The van der Waals surface area contributed by atoms with Crippen LogP contribution in [0.15, 0.2) is 16.7 Å². The summed E-state index contributed by atoms with van der Waals surface area (Å²) in [6.07, 6.45) is 2.48. The first-order valence-electron chi connectivity index (χ1n) is 4.72. The van der Waals surface area contributed by atoms with E-state index in [4.69, 9.17) is 0 Å². The summed E-state index contributed by atoms with van der Waals surface area (Å²) in [5.41, 5.74) is 1.14. The molecule has 0 radical (unpaired) electrons. The molecule has 3 nitrogen and oxygen atoms in total. The molecule has 1 fully saturated rings. The van der Waals surface area contributed by atoms with Crippen molar-refractivity contribution in [1.82, 2.24) is 4.98 Å². The average molecular weight is 257 g/mol. The summed E-state index contributed by atoms with van der Waals surface area (Å²) in [7, 11) is 0. The van der Waals surface area contributed by atoms with Crippen molar-refractivity contribution in [3.63, 3.8) is 0 Å². The number of anilines is 1. The minimum atomic E-state index is -0.204. The Hall–Kier alpha value is -0.610. The number of β-amino-alcohol motifs (C(OH)–C–C–N with tert-alkyl or cyclic N) is 1. The fourth-order valence-electron chi connectivity index (χ4n) is 1.69. The van der Waals surface area contributed by atoms with Gasteiger partial charge in [-0.3, -0.25) is 0 Å². The average Bonchev–Trinajstić information content (AvgIpc) is 2.51. The van der Waals surface area contributed by atoms with Crippen LogP contribution in [-0.4, -0.2) is 29.3 Å². The van der Waals surface area contributed by atoms with E-state index in [-0.39, 0.29) is 6.10 Å². The molecule has 1 aliphatic rings. The number of pyridine rings is 1. The van der Waals surface area contributed by atoms with E-state index in [2.05, 4.69) is 25.8 Å². The maximum absolute atomic E-state index is 9.42. The predicted octanol–water partition coefficient (Wildman–Crippen LogP) is 1.72. The zero-order chi connectivity index (χ0) is 10.1. The molecule has 1 unspecified atom stereocenters. The molecule has 2 rings (SSSR count). The smallest absolute Gasteiger partial charge is 0.142 e. The van der Waals surface area contributed by atoms with Crippen molar-refractivity contribution >= 4 is 21.7 Å². The lowest BCUT2D eigenvalue weighted by Crippen LogP contribution is -2.22. The zero-order valence-corrected chi connectivity index (χ0v) is 9.66. The molecular weight excluding hydrogens is 244 g/mol. The standard InChI is InChI=1S/C10H13BrN2O/c1-7-4-9(11)10(12-5-7)13-3-2-8(14)6-13/h4-5,8,14H,2-3,6H2,1H3. The summed E-state index contributed by atoms with van der Waals surface area (Å²) in [5.74, 6) is 0.937. The van der Waals surface area contributed by atoms with Crippen LogP contribution < -0.4 is 4.90 Å². The Balaban J connectivity index is 2.24. The van der Waals surface area contributed by atoms with Crippen molar-refractivity contribution in [2.24, 2.45) is 0 Å². The first kappa shape index (κ1) is 9.93. The number of aliphatic hydroxyl groups is 1. The molecule has 1 atom stereocenters. The third kappa shape index (κ3) is 1.91. The van der Waals surface area contributed by atoms with Gasteiger partial charge in [0.15, 0.2) is 0 Å². The van der Waals surface area contributed by atoms with Gasteiger partial charge in [0, 0.05) is 19.3 Å². The van der Waals surface area contributed by atoms with Crippen LogP contribution in [0.3, 0.4) is 0 Å². The lowest BCUT2D eigenvalue weighted by molar-refractivity contribution is 0.198. The molecule has 0 spiro atoms. The lowest BCUT2D eigenvalue weighted by Gasteiger charge is -2.18. The molecule has 14 heavy (non-hydrogen) atoms. The number of rotatable bonds is 1. The Labute approximate surface area is 91.9 Å². The van der Waals surface area contributed by atoms with Crippen LogP contribution in [0.4, 0.5) is 5.82 Å². The van der Waals surface area contributed by atoms with E-state index in [1.165, 1.54) is 0 Å². The van der Waals surface area contributed by atoms with Gasteiger partial charge in [0.05, 0.1) is 10.6 Å². The second-order valence-corrected chi connectivity index (χ2v) is 4.56. The molecule has 1 aromatic rings. The van der Waals surface area contributed by atoms with Crippen molar-refractivity contribution in [3.8, 4) is 0 Å². The highest BCUT2D eigenvalue weighted by atomic mass is 79.9. The second-order valence-electron chi connectivity index (χ2n) is 3.71. The van der Waals surface area contributed by atoms with E-state index in [1.54, 1.807) is 0 Å². The van der Waals surface area contributed by atoms with Crippen molar-refractivity contribution < 1.29 is 5.11 Å². The minimum Gasteiger partial charge on any atom is -0.391 e. The molecule has 0 aliphatic carbocycles. The highest BCUT2D eigenvalue weighted by molar-refractivity contribution is 9.10. The number of nitrogens with zero attached hydrogens (tertiary/aromatic N) is 2. The predicted molar refractivity (Wildman–Crippen MR) is 59.5 cm³/mol. The summed E-state index contributed by atoms with van der Waals surface area (Å²) in [6.45, 7) is 3.59. The van der Waals surface area contributed by atoms with Crippen LogP contribution in [-0.2, 0) is 0 Å². The molecule has 1 N–H and O–H groups in total. The van der Waals surface area contributed by atoms with E-state index >= 15 is 0 Å². The van der Waals surface area contributed by atoms with E-state index < -0.39 is 0 Å². The monoisotopic (exact) mass is 256 g/mol. The number of aromatic nitrogens is 1. The molecule has 4 heteroatoms. The van der Waals surface area contributed by atoms with E-state index in [0.29, 0.717) is 6.54 Å². The first-order valence-corrected chi connectivity index (χ1v) is 5.51. The molecule has 0 saturated carbocycles. The van der Waals surface area contributed by atoms with Crippen molar-refractivity contribution in [3.05, 3.63) is 22.3 Å². The zero-order valence-electron chi connectivity index (χ0n) is 8.07. The summed E-state index contributed by atoms with van der Waals surface area (Å²) < 4.78 is 1.01. The first-order chi connectivity index (χ1) is 6.66. The molecular formula is C10H13BrN2O. The van der Waals surface area contributed by atoms with E-state index in [9.17, 15) is 5.11 Å². The lowest BCUT2D eigenvalue weighted by atomic mass is 10.3. The largest absolute Gasteiger partial charge is 0.391 e. The molecule has 1 aromatic heterocycles. The number of hydrogen-bond acceptors (Lipinski definition) is 3. The van der Waals surface area contributed by atoms with Crippen LogP contribution in [0.2, 0.25) is 0 Å². The topological polar surface area (TPSA) is 36.4 Å². The van der Waals surface area contributed by atoms with Gasteiger partial charge in [-0.1, -0.05) is 0 Å². The summed E-state index contributed by atoms with van der Waals surface area (Å²) in [6, 6.07) is 2.05. The minimum absolute atomic E-state index is 0.204. The molecule has 2 heterocycles. The fraction of sp³-hybridized carbons (Fsp3) is 0.500. The van der Waals surface area contributed by atoms with Crippen LogP contribution >= 0.6 is 15.9 Å². The van der Waals surface area contributed by atoms with Gasteiger partial charge in [0.25, 0.3) is 0 Å². The quantitative estimate of drug-likeness (QED) is 0.832. The highest BCUT2D eigenvalue weighted by Gasteiger charge is 2.22. The molecule has 1 aliphatic heterocycles. The Morgan fingerprint density at radius 1 is 1.64 bits per heavy atom. The van der Waals surface area contributed by atoms with Gasteiger partial charge in [0.2, 0.25) is 0 Å². The van der Waals surface area contributed by atoms with Crippen LogP contribution in [0.5, 0.6) is 0 Å². The third-order valence-electron chi connectivity index (χ3n) is 2.42. The van der Waals surface area contributed by atoms with Gasteiger partial charge in [-0.25, -0.2) is 4.98 Å². The van der Waals surface area contributed by atoms with Gasteiger partial charge in [-0.15, -0.1) is 0 Å². The van der Waals surface area contributed by atoms with Crippen LogP contribution in [0, 0.1) is 6.92 Å². The van der Waals surface area contributed by atoms with Gasteiger partial charge < -0.3 is 10.0 Å². The Bertz CT molecular complexity index is 343. The van der Waals surface area contributed by atoms with Gasteiger partial charge in [-0.05, 0) is 40.9 Å². The van der Waals surface area contributed by atoms with Crippen molar-refractivity contribution in [2.75, 3.05) is 18.0 Å². The summed E-state index contributed by atoms with van der Waals surface area (Å²) >= 11 is 3.49. The van der Waals surface area contributed by atoms with Gasteiger partial charge in [-0.2, -0.15) is 0 Å². The number of aliphatic hydroxyl groups excluding tert-OH is 1. The maximum atomic E-state index is 9.42. The summed E-state index contributed by atoms with van der Waals surface area (Å²) in [5, 5.41) is 9.42. The second kappa shape index (κ2) is 3.87. The maximum Gasteiger partial charge on any atom is 0.142 e. The Kier molecular flexibility index (Phi) is 2.74.